The predicted molar refractivity (Wildman–Crippen MR) is 130 cm³/mol. The smallest absolute Gasteiger partial charge is 0.243 e. The number of aromatic hydroxyl groups is 2. The zero-order valence-electron chi connectivity index (χ0n) is 18.2. The minimum Gasteiger partial charge on any atom is -0.508 e. The van der Waals surface area contributed by atoms with Crippen molar-refractivity contribution in [3.63, 3.8) is 0 Å². The monoisotopic (exact) mass is 498 g/mol. The van der Waals surface area contributed by atoms with Crippen LogP contribution >= 0.6 is 11.3 Å². The third-order valence-corrected chi connectivity index (χ3v) is 8.33. The summed E-state index contributed by atoms with van der Waals surface area (Å²) in [6.07, 6.45) is 0. The van der Waals surface area contributed by atoms with Crippen LogP contribution in [-0.2, 0) is 10.0 Å². The van der Waals surface area contributed by atoms with Crippen LogP contribution in [-0.4, -0.2) is 71.0 Å². The summed E-state index contributed by atoms with van der Waals surface area (Å²) in [6, 6.07) is 11.3. The molecule has 3 N–H and O–H groups in total. The van der Waals surface area contributed by atoms with Crippen molar-refractivity contribution in [2.24, 2.45) is 10.2 Å². The topological polar surface area (TPSA) is 134 Å². The van der Waals surface area contributed by atoms with Crippen molar-refractivity contribution in [3.05, 3.63) is 47.8 Å². The second-order valence-electron chi connectivity index (χ2n) is 8.00. The molecule has 0 atom stereocenters. The number of benzene rings is 2. The lowest BCUT2D eigenvalue weighted by Crippen LogP contribution is -2.46. The number of aromatic nitrogens is 2. The van der Waals surface area contributed by atoms with Gasteiger partial charge < -0.3 is 20.1 Å². The van der Waals surface area contributed by atoms with Crippen molar-refractivity contribution >= 4 is 43.1 Å². The maximum absolute atomic E-state index is 13.2. The number of hydrogen-bond donors (Lipinski definition) is 3. The first kappa shape index (κ1) is 22.5. The normalized spacial score (nSPS) is 16.0. The van der Waals surface area contributed by atoms with Gasteiger partial charge in [0.1, 0.15) is 5.75 Å². The van der Waals surface area contributed by atoms with E-state index in [0.717, 1.165) is 5.56 Å². The fourth-order valence-electron chi connectivity index (χ4n) is 3.75. The van der Waals surface area contributed by atoms with Crippen LogP contribution in [0, 0.1) is 0 Å². The highest BCUT2D eigenvalue weighted by Crippen LogP contribution is 2.38. The molecule has 10 nitrogen and oxygen atoms in total. The summed E-state index contributed by atoms with van der Waals surface area (Å²) in [6.45, 7) is 2.20. The molecule has 0 bridgehead atoms. The van der Waals surface area contributed by atoms with Crippen LogP contribution < -0.4 is 0 Å². The van der Waals surface area contributed by atoms with E-state index >= 15 is 0 Å². The number of nitrogens with zero attached hydrogens (tertiary/aromatic N) is 5. The van der Waals surface area contributed by atoms with Gasteiger partial charge in [-0.2, -0.15) is 4.31 Å². The highest BCUT2D eigenvalue weighted by Gasteiger charge is 2.28. The Bertz CT molecular complexity index is 1470. The highest BCUT2D eigenvalue weighted by molar-refractivity contribution is 7.89. The lowest BCUT2D eigenvalue weighted by atomic mass is 10.2. The first-order valence-corrected chi connectivity index (χ1v) is 12.8. The average molecular weight is 499 g/mol. The summed E-state index contributed by atoms with van der Waals surface area (Å²) in [5.74, 6) is -0.0362. The van der Waals surface area contributed by atoms with Gasteiger partial charge in [0.15, 0.2) is 5.69 Å². The van der Waals surface area contributed by atoms with E-state index in [4.69, 9.17) is 0 Å². The maximum atomic E-state index is 13.2. The SMILES string of the molecule is CN1CCN(S(=O)(=O)c2ccc3[nH]c(O)c(N=Nc4nc(-c5ccc(O)cc5)cs4)c3c2)CC1. The van der Waals surface area contributed by atoms with Crippen LogP contribution in [0.5, 0.6) is 11.6 Å². The van der Waals surface area contributed by atoms with E-state index in [1.54, 1.807) is 30.3 Å². The summed E-state index contributed by atoms with van der Waals surface area (Å²) < 4.78 is 27.8. The number of piperazine rings is 1. The first-order chi connectivity index (χ1) is 16.3. The van der Waals surface area contributed by atoms with E-state index < -0.39 is 10.0 Å². The molecule has 0 saturated carbocycles. The van der Waals surface area contributed by atoms with Gasteiger partial charge in [-0.3, -0.25) is 0 Å². The zero-order valence-corrected chi connectivity index (χ0v) is 19.8. The molecule has 0 unspecified atom stereocenters. The number of nitrogens with one attached hydrogen (secondary N) is 1. The van der Waals surface area contributed by atoms with E-state index in [0.29, 0.717) is 47.9 Å². The van der Waals surface area contributed by atoms with Gasteiger partial charge in [-0.1, -0.05) is 0 Å². The fraction of sp³-hybridized carbons (Fsp3) is 0.227. The molecule has 0 amide bonds. The van der Waals surface area contributed by atoms with Crippen LogP contribution in [0.2, 0.25) is 0 Å². The lowest BCUT2D eigenvalue weighted by molar-refractivity contribution is 0.222. The Hall–Kier alpha value is -3.32. The van der Waals surface area contributed by atoms with Crippen LogP contribution in [0.3, 0.4) is 0 Å². The van der Waals surface area contributed by atoms with Crippen molar-refractivity contribution in [2.75, 3.05) is 33.2 Å². The number of azo groups is 1. The van der Waals surface area contributed by atoms with Gasteiger partial charge in [0.2, 0.25) is 21.0 Å². The molecule has 34 heavy (non-hydrogen) atoms. The van der Waals surface area contributed by atoms with Crippen LogP contribution in [0.1, 0.15) is 0 Å². The van der Waals surface area contributed by atoms with Gasteiger partial charge in [0.25, 0.3) is 0 Å². The number of hydrogen-bond acceptors (Lipinski definition) is 9. The van der Waals surface area contributed by atoms with Gasteiger partial charge in [-0.25, -0.2) is 13.4 Å². The summed E-state index contributed by atoms with van der Waals surface area (Å²) in [7, 11) is -1.71. The number of fused-ring (bicyclic) bond motifs is 1. The summed E-state index contributed by atoms with van der Waals surface area (Å²) >= 11 is 1.28. The Balaban J connectivity index is 1.44. The highest BCUT2D eigenvalue weighted by atomic mass is 32.2. The molecule has 0 spiro atoms. The van der Waals surface area contributed by atoms with E-state index in [1.807, 2.05) is 12.4 Å². The van der Waals surface area contributed by atoms with E-state index in [2.05, 4.69) is 25.1 Å². The Labute approximate surface area is 199 Å². The van der Waals surface area contributed by atoms with Crippen LogP contribution in [0.4, 0.5) is 10.8 Å². The van der Waals surface area contributed by atoms with Crippen molar-refractivity contribution in [1.82, 2.24) is 19.2 Å². The molecule has 4 aromatic rings. The van der Waals surface area contributed by atoms with Gasteiger partial charge >= 0.3 is 0 Å². The molecule has 176 valence electrons. The molecule has 1 saturated heterocycles. The summed E-state index contributed by atoms with van der Waals surface area (Å²) in [5.41, 5.74) is 2.20. The number of aromatic amines is 1. The number of thiazole rings is 1. The second kappa shape index (κ2) is 8.80. The summed E-state index contributed by atoms with van der Waals surface area (Å²) in [4.78, 5) is 9.46. The standard InChI is InChI=1S/C22H22N6O4S2/c1-27-8-10-28(11-9-27)34(31,32)16-6-7-18-17(12-16)20(21(30)23-18)25-26-22-24-19(13-33-22)14-2-4-15(29)5-3-14/h2-7,12-13,23,29-30H,8-11H2,1H3. The Morgan fingerprint density at radius 2 is 1.76 bits per heavy atom. The van der Waals surface area contributed by atoms with E-state index in [-0.39, 0.29) is 22.2 Å². The van der Waals surface area contributed by atoms with Crippen molar-refractivity contribution in [1.29, 1.82) is 0 Å². The molecule has 3 heterocycles. The lowest BCUT2D eigenvalue weighted by Gasteiger charge is -2.31. The molecular formula is C22H22N6O4S2. The molecule has 1 fully saturated rings. The molecular weight excluding hydrogens is 476 g/mol. The largest absolute Gasteiger partial charge is 0.508 e. The molecule has 0 aliphatic carbocycles. The van der Waals surface area contributed by atoms with Crippen LogP contribution in [0.25, 0.3) is 22.2 Å². The van der Waals surface area contributed by atoms with E-state index in [9.17, 15) is 18.6 Å². The number of rotatable bonds is 5. The molecule has 2 aromatic heterocycles. The van der Waals surface area contributed by atoms with Gasteiger partial charge in [-0.15, -0.1) is 21.6 Å². The molecule has 2 aromatic carbocycles. The number of H-pyrrole nitrogens is 1. The van der Waals surface area contributed by atoms with Crippen molar-refractivity contribution in [3.8, 4) is 22.9 Å². The van der Waals surface area contributed by atoms with Gasteiger partial charge in [-0.05, 0) is 49.5 Å². The molecule has 5 rings (SSSR count). The minimum absolute atomic E-state index is 0.142. The molecule has 1 aliphatic rings. The third kappa shape index (κ3) is 4.28. The minimum atomic E-state index is -3.67. The van der Waals surface area contributed by atoms with Gasteiger partial charge in [0, 0.05) is 42.5 Å². The van der Waals surface area contributed by atoms with Crippen molar-refractivity contribution in [2.45, 2.75) is 4.90 Å². The van der Waals surface area contributed by atoms with Crippen molar-refractivity contribution < 1.29 is 18.6 Å². The number of phenols is 1. The van der Waals surface area contributed by atoms with E-state index in [1.165, 1.54) is 27.8 Å². The quantitative estimate of drug-likeness (QED) is 0.355. The molecule has 12 heteroatoms. The Kier molecular flexibility index (Phi) is 5.81. The number of likely N-dealkylation sites (N-methyl/N-ethyl adjacent to an activating group) is 1. The maximum Gasteiger partial charge on any atom is 0.243 e. The first-order valence-electron chi connectivity index (χ1n) is 10.5. The molecule has 1 aliphatic heterocycles. The van der Waals surface area contributed by atoms with Gasteiger partial charge in [0.05, 0.1) is 16.1 Å². The Morgan fingerprint density at radius 3 is 2.50 bits per heavy atom. The average Bonchev–Trinajstić information content (AvgIpc) is 3.41. The third-order valence-electron chi connectivity index (χ3n) is 5.71. The fourth-order valence-corrected chi connectivity index (χ4v) is 5.84. The predicted octanol–water partition coefficient (Wildman–Crippen LogP) is 4.05. The Morgan fingerprint density at radius 1 is 1.03 bits per heavy atom. The van der Waals surface area contributed by atoms with Crippen LogP contribution in [0.15, 0.2) is 63.0 Å². The zero-order chi connectivity index (χ0) is 23.9. The molecule has 0 radical (unpaired) electrons. The number of phenolic OH excluding ortho intramolecular Hbond substituents is 1. The number of sulfonamides is 1. The second-order valence-corrected chi connectivity index (χ2v) is 10.8. The summed E-state index contributed by atoms with van der Waals surface area (Å²) in [5, 5.41) is 30.8.